The molecule has 46 valence electrons. The molecule has 7 heavy (non-hydrogen) atoms. The van der Waals surface area contributed by atoms with Gasteiger partial charge in [-0.2, -0.15) is 21.9 Å². The van der Waals surface area contributed by atoms with Gasteiger partial charge in [0, 0.05) is 0 Å². The van der Waals surface area contributed by atoms with Crippen LogP contribution in [-0.2, 0) is 14.8 Å². The predicted molar refractivity (Wildman–Crippen MR) is 24.1 cm³/mol. The minimum atomic E-state index is -4.83. The van der Waals surface area contributed by atoms with E-state index in [1.807, 2.05) is 4.39 Å². The summed E-state index contributed by atoms with van der Waals surface area (Å²) in [5.74, 6) is 0. The first kappa shape index (κ1) is 10.2. The monoisotopic (exact) mass is 150 g/mol. The summed E-state index contributed by atoms with van der Waals surface area (Å²) in [6.07, 6.45) is 0. The van der Waals surface area contributed by atoms with Crippen molar-refractivity contribution in [2.45, 2.75) is 0 Å². The Labute approximate surface area is 46.6 Å². The van der Waals surface area contributed by atoms with E-state index in [4.69, 9.17) is 13.0 Å². The zero-order valence-electron chi connectivity index (χ0n) is 2.96. The Hall–Kier alpha value is 0.150. The van der Waals surface area contributed by atoms with Gasteiger partial charge in [0.15, 0.2) is 0 Å². The van der Waals surface area contributed by atoms with Crippen molar-refractivity contribution < 1.29 is 21.9 Å². The molecule has 1 N–H and O–H groups in total. The van der Waals surface area contributed by atoms with E-state index in [0.717, 1.165) is 0 Å². The van der Waals surface area contributed by atoms with Crippen molar-refractivity contribution in [1.82, 2.24) is 0 Å². The SMILES string of the molecule is O=S(=O)(O)OF.S. The molecule has 0 aromatic rings. The van der Waals surface area contributed by atoms with Crippen molar-refractivity contribution in [2.75, 3.05) is 0 Å². The summed E-state index contributed by atoms with van der Waals surface area (Å²) < 4.78 is 37.2. The van der Waals surface area contributed by atoms with Crippen LogP contribution in [0.3, 0.4) is 0 Å². The van der Waals surface area contributed by atoms with Crippen LogP contribution in [0.1, 0.15) is 0 Å². The third-order valence-corrected chi connectivity index (χ3v) is 0.239. The second kappa shape index (κ2) is 3.19. The zero-order valence-corrected chi connectivity index (χ0v) is 4.77. The maximum Gasteiger partial charge on any atom is 0.428 e. The van der Waals surface area contributed by atoms with E-state index in [1.165, 1.54) is 0 Å². The Morgan fingerprint density at radius 3 is 1.71 bits per heavy atom. The molecule has 0 aliphatic rings. The van der Waals surface area contributed by atoms with Gasteiger partial charge < -0.3 is 0 Å². The molecule has 0 aliphatic heterocycles. The van der Waals surface area contributed by atoms with Gasteiger partial charge in [-0.3, -0.25) is 4.55 Å². The van der Waals surface area contributed by atoms with Gasteiger partial charge in [0.25, 0.3) is 0 Å². The lowest BCUT2D eigenvalue weighted by molar-refractivity contribution is -0.0113. The van der Waals surface area contributed by atoms with Gasteiger partial charge in [-0.25, -0.2) is 0 Å². The minimum absolute atomic E-state index is 0. The van der Waals surface area contributed by atoms with Gasteiger partial charge in [-0.1, -0.05) is 0 Å². The van der Waals surface area contributed by atoms with Crippen molar-refractivity contribution in [3.05, 3.63) is 0 Å². The highest BCUT2D eigenvalue weighted by Gasteiger charge is 1.99. The van der Waals surface area contributed by atoms with Gasteiger partial charge in [0.05, 0.1) is 0 Å². The average molecular weight is 150 g/mol. The molecule has 4 nitrogen and oxygen atoms in total. The number of rotatable bonds is 1. The largest absolute Gasteiger partial charge is 0.428 e. The van der Waals surface area contributed by atoms with Gasteiger partial charge in [0.1, 0.15) is 0 Å². The second-order valence-electron chi connectivity index (χ2n) is 0.491. The van der Waals surface area contributed by atoms with Crippen LogP contribution in [0.25, 0.3) is 0 Å². The van der Waals surface area contributed by atoms with Gasteiger partial charge in [-0.05, 0) is 8.91 Å². The van der Waals surface area contributed by atoms with Gasteiger partial charge in [-0.15, -0.1) is 0 Å². The summed E-state index contributed by atoms with van der Waals surface area (Å²) in [4.78, 5) is 0. The fraction of sp³-hybridized carbons (Fsp3) is 0. The molecule has 0 radical (unpaired) electrons. The molecule has 0 amide bonds. The summed E-state index contributed by atoms with van der Waals surface area (Å²) in [5, 5.41) is 0. The maximum atomic E-state index is 10.2. The molecule has 0 heterocycles. The Kier molecular flexibility index (Phi) is 4.65. The summed E-state index contributed by atoms with van der Waals surface area (Å²) in [7, 11) is -4.83. The predicted octanol–water partition coefficient (Wildman–Crippen LogP) is -0.197. The van der Waals surface area contributed by atoms with Crippen LogP contribution in [0, 0.1) is 0 Å². The van der Waals surface area contributed by atoms with Gasteiger partial charge >= 0.3 is 10.4 Å². The summed E-state index contributed by atoms with van der Waals surface area (Å²) in [6, 6.07) is 0. The molecule has 0 rings (SSSR count). The first-order valence-corrected chi connectivity index (χ1v) is 2.20. The summed E-state index contributed by atoms with van der Waals surface area (Å²) in [6.45, 7) is 0. The fourth-order valence-electron chi connectivity index (χ4n) is 0. The first-order chi connectivity index (χ1) is 2.56. The summed E-state index contributed by atoms with van der Waals surface area (Å²) in [5.41, 5.74) is 0. The van der Waals surface area contributed by atoms with Crippen molar-refractivity contribution in [1.29, 1.82) is 0 Å². The molecular weight excluding hydrogens is 147 g/mol. The van der Waals surface area contributed by atoms with Crippen molar-refractivity contribution in [3.63, 3.8) is 0 Å². The van der Waals surface area contributed by atoms with Crippen LogP contribution in [0.15, 0.2) is 0 Å². The number of hydrogen-bond acceptors (Lipinski definition) is 3. The van der Waals surface area contributed by atoms with E-state index < -0.39 is 10.4 Å². The minimum Gasteiger partial charge on any atom is -0.262 e. The third kappa shape index (κ3) is 10.7. The maximum absolute atomic E-state index is 10.2. The van der Waals surface area contributed by atoms with E-state index in [0.29, 0.717) is 0 Å². The Bertz CT molecular complexity index is 112. The molecule has 0 aliphatic carbocycles. The highest BCUT2D eigenvalue weighted by atomic mass is 32.3. The second-order valence-corrected chi connectivity index (χ2v) is 1.47. The zero-order chi connectivity index (χ0) is 5.21. The van der Waals surface area contributed by atoms with Crippen LogP contribution in [0.2, 0.25) is 0 Å². The number of hydrogen-bond donors (Lipinski definition) is 1. The van der Waals surface area contributed by atoms with Crippen LogP contribution < -0.4 is 0 Å². The first-order valence-electron chi connectivity index (χ1n) is 0.837. The lowest BCUT2D eigenvalue weighted by Gasteiger charge is -1.75. The molecule has 0 aromatic carbocycles. The molecule has 0 spiro atoms. The van der Waals surface area contributed by atoms with Crippen LogP contribution in [0.4, 0.5) is 4.53 Å². The molecule has 0 fully saturated rings. The topological polar surface area (TPSA) is 63.6 Å². The number of halogens is 1. The highest BCUT2D eigenvalue weighted by Crippen LogP contribution is 1.81. The van der Waals surface area contributed by atoms with Crippen LogP contribution in [0.5, 0.6) is 0 Å². The lowest BCUT2D eigenvalue weighted by atomic mass is 15.6. The lowest BCUT2D eigenvalue weighted by Crippen LogP contribution is -1.93. The van der Waals surface area contributed by atoms with E-state index in [-0.39, 0.29) is 13.5 Å². The Morgan fingerprint density at radius 1 is 1.57 bits per heavy atom. The molecular formula is H3FO4S2. The smallest absolute Gasteiger partial charge is 0.262 e. The van der Waals surface area contributed by atoms with Crippen LogP contribution >= 0.6 is 13.5 Å². The standard InChI is InChI=1S/FHO4S.H2S/c1-5-6(2,3)4;/h(H,2,3,4);1H2. The van der Waals surface area contributed by atoms with Crippen molar-refractivity contribution >= 4 is 23.9 Å². The quantitative estimate of drug-likeness (QED) is 0.526. The van der Waals surface area contributed by atoms with Crippen molar-refractivity contribution in [3.8, 4) is 0 Å². The molecule has 0 atom stereocenters. The van der Waals surface area contributed by atoms with E-state index in [1.54, 1.807) is 0 Å². The fourth-order valence-corrected chi connectivity index (χ4v) is 0. The normalized spacial score (nSPS) is 10.0. The molecule has 7 heteroatoms. The third-order valence-electron chi connectivity index (χ3n) is 0.0796. The molecule has 0 aromatic heterocycles. The van der Waals surface area contributed by atoms with E-state index >= 15 is 0 Å². The van der Waals surface area contributed by atoms with Crippen molar-refractivity contribution in [2.24, 2.45) is 0 Å². The average Bonchev–Trinajstić information content (AvgIpc) is 1.35. The Morgan fingerprint density at radius 2 is 1.71 bits per heavy atom. The Balaban J connectivity index is 0. The summed E-state index contributed by atoms with van der Waals surface area (Å²) >= 11 is 0. The van der Waals surface area contributed by atoms with E-state index in [9.17, 15) is 4.53 Å². The molecule has 0 saturated heterocycles. The molecule has 0 bridgehead atoms. The molecule has 0 unspecified atom stereocenters. The molecule has 0 saturated carbocycles. The van der Waals surface area contributed by atoms with E-state index in [2.05, 4.69) is 0 Å². The highest BCUT2D eigenvalue weighted by molar-refractivity contribution is 7.80. The van der Waals surface area contributed by atoms with Gasteiger partial charge in [0.2, 0.25) is 0 Å². The van der Waals surface area contributed by atoms with Crippen LogP contribution in [-0.4, -0.2) is 13.0 Å².